The van der Waals surface area contributed by atoms with Crippen molar-refractivity contribution in [1.82, 2.24) is 0 Å². The van der Waals surface area contributed by atoms with E-state index in [2.05, 4.69) is 0 Å². The molecule has 56 valence electrons. The molecular formula is C8H10ClF. The maximum absolute atomic E-state index is 12.7. The number of rotatable bonds is 1. The van der Waals surface area contributed by atoms with Crippen molar-refractivity contribution in [3.8, 4) is 0 Å². The summed E-state index contributed by atoms with van der Waals surface area (Å²) in [5, 5.41) is 0.268. The molecule has 0 nitrogen and oxygen atoms in total. The fourth-order valence-corrected chi connectivity index (χ4v) is 1.14. The second kappa shape index (κ2) is 3.20. The molecule has 0 aromatic carbocycles. The zero-order valence-corrected chi connectivity index (χ0v) is 6.66. The monoisotopic (exact) mass is 160 g/mol. The fourth-order valence-electron chi connectivity index (χ4n) is 0.991. The number of allylic oxidation sites excluding steroid dienone is 4. The van der Waals surface area contributed by atoms with E-state index in [0.717, 1.165) is 12.8 Å². The number of hydrogen-bond acceptors (Lipinski definition) is 0. The summed E-state index contributed by atoms with van der Waals surface area (Å²) >= 11 is 5.51. The third kappa shape index (κ3) is 1.60. The van der Waals surface area contributed by atoms with Gasteiger partial charge in [0, 0.05) is 0 Å². The van der Waals surface area contributed by atoms with E-state index in [1.165, 1.54) is 0 Å². The van der Waals surface area contributed by atoms with E-state index in [1.807, 2.05) is 6.92 Å². The van der Waals surface area contributed by atoms with Gasteiger partial charge in [-0.1, -0.05) is 24.6 Å². The summed E-state index contributed by atoms with van der Waals surface area (Å²) in [6.07, 6.45) is 5.20. The van der Waals surface area contributed by atoms with E-state index in [9.17, 15) is 4.39 Å². The first-order valence-corrected chi connectivity index (χ1v) is 3.85. The summed E-state index contributed by atoms with van der Waals surface area (Å²) in [6.45, 7) is 2.04. The Morgan fingerprint density at radius 2 is 2.50 bits per heavy atom. The summed E-state index contributed by atoms with van der Waals surface area (Å²) in [7, 11) is 0. The van der Waals surface area contributed by atoms with Crippen LogP contribution in [0.4, 0.5) is 4.39 Å². The maximum atomic E-state index is 12.7. The molecule has 0 bridgehead atoms. The van der Waals surface area contributed by atoms with Crippen molar-refractivity contribution in [3.63, 3.8) is 0 Å². The second-order valence-electron chi connectivity index (χ2n) is 2.47. The van der Waals surface area contributed by atoms with E-state index >= 15 is 0 Å². The van der Waals surface area contributed by atoms with Crippen LogP contribution >= 0.6 is 11.6 Å². The van der Waals surface area contributed by atoms with Gasteiger partial charge in [-0.2, -0.15) is 0 Å². The van der Waals surface area contributed by atoms with Gasteiger partial charge in [0.15, 0.2) is 0 Å². The zero-order valence-electron chi connectivity index (χ0n) is 5.90. The van der Waals surface area contributed by atoms with Crippen molar-refractivity contribution in [2.24, 2.45) is 5.92 Å². The lowest BCUT2D eigenvalue weighted by atomic mass is 9.98. The van der Waals surface area contributed by atoms with Crippen molar-refractivity contribution in [3.05, 3.63) is 23.0 Å². The summed E-state index contributed by atoms with van der Waals surface area (Å²) in [5.41, 5.74) is 0. The lowest BCUT2D eigenvalue weighted by Gasteiger charge is -2.11. The molecule has 0 radical (unpaired) electrons. The Hall–Kier alpha value is -0.300. The predicted octanol–water partition coefficient (Wildman–Crippen LogP) is 3.39. The van der Waals surface area contributed by atoms with Gasteiger partial charge >= 0.3 is 0 Å². The number of halogens is 2. The van der Waals surface area contributed by atoms with E-state index in [0.29, 0.717) is 5.92 Å². The van der Waals surface area contributed by atoms with Crippen LogP contribution in [-0.4, -0.2) is 0 Å². The Bertz CT molecular complexity index is 182. The maximum Gasteiger partial charge on any atom is 0.137 e. The standard InChI is InChI=1S/C8H10ClF/c1-2-6-3-4-7(9)8(10)5-6/h4-6H,2-3H2,1H3. The molecule has 0 saturated carbocycles. The Labute approximate surface area is 65.4 Å². The fraction of sp³-hybridized carbons (Fsp3) is 0.500. The minimum atomic E-state index is -0.264. The van der Waals surface area contributed by atoms with E-state index in [4.69, 9.17) is 11.6 Å². The molecule has 2 heteroatoms. The van der Waals surface area contributed by atoms with Crippen molar-refractivity contribution in [2.45, 2.75) is 19.8 Å². The van der Waals surface area contributed by atoms with Crippen molar-refractivity contribution in [2.75, 3.05) is 0 Å². The largest absolute Gasteiger partial charge is 0.206 e. The average Bonchev–Trinajstić information content (AvgIpc) is 1.95. The van der Waals surface area contributed by atoms with Crippen molar-refractivity contribution < 1.29 is 4.39 Å². The van der Waals surface area contributed by atoms with Crippen LogP contribution in [0.15, 0.2) is 23.0 Å². The van der Waals surface area contributed by atoms with Gasteiger partial charge < -0.3 is 0 Å². The molecule has 0 amide bonds. The van der Waals surface area contributed by atoms with Gasteiger partial charge in [0.1, 0.15) is 5.83 Å². The second-order valence-corrected chi connectivity index (χ2v) is 2.88. The summed E-state index contributed by atoms with van der Waals surface area (Å²) in [5.74, 6) is 0.0854. The smallest absolute Gasteiger partial charge is 0.137 e. The molecule has 1 aliphatic carbocycles. The Balaban J connectivity index is 2.66. The molecule has 0 spiro atoms. The normalized spacial score (nSPS) is 25.7. The molecule has 0 N–H and O–H groups in total. The highest BCUT2D eigenvalue weighted by Gasteiger charge is 2.11. The molecule has 0 heterocycles. The average molecular weight is 161 g/mol. The molecule has 1 unspecified atom stereocenters. The van der Waals surface area contributed by atoms with Gasteiger partial charge in [-0.3, -0.25) is 0 Å². The minimum Gasteiger partial charge on any atom is -0.206 e. The Morgan fingerprint density at radius 1 is 1.80 bits per heavy atom. The van der Waals surface area contributed by atoms with Gasteiger partial charge in [-0.05, 0) is 24.8 Å². The van der Waals surface area contributed by atoms with Crippen LogP contribution in [0.3, 0.4) is 0 Å². The first-order valence-electron chi connectivity index (χ1n) is 3.47. The minimum absolute atomic E-state index is 0.264. The molecule has 0 aromatic heterocycles. The summed E-state index contributed by atoms with van der Waals surface area (Å²) in [6, 6.07) is 0. The third-order valence-corrected chi connectivity index (χ3v) is 2.07. The Kier molecular flexibility index (Phi) is 2.50. The highest BCUT2D eigenvalue weighted by Crippen LogP contribution is 2.27. The first-order chi connectivity index (χ1) is 4.74. The SMILES string of the molecule is CCC1C=C(F)C(Cl)=CC1. The van der Waals surface area contributed by atoms with E-state index in [1.54, 1.807) is 12.2 Å². The first kappa shape index (κ1) is 7.80. The van der Waals surface area contributed by atoms with Gasteiger partial charge in [0.2, 0.25) is 0 Å². The van der Waals surface area contributed by atoms with Crippen LogP contribution in [0.2, 0.25) is 0 Å². The Morgan fingerprint density at radius 3 is 3.00 bits per heavy atom. The summed E-state index contributed by atoms with van der Waals surface area (Å²) < 4.78 is 12.7. The van der Waals surface area contributed by atoms with Crippen LogP contribution in [0.25, 0.3) is 0 Å². The molecule has 0 fully saturated rings. The van der Waals surface area contributed by atoms with Crippen LogP contribution in [0.5, 0.6) is 0 Å². The number of hydrogen-bond donors (Lipinski definition) is 0. The van der Waals surface area contributed by atoms with Crippen LogP contribution in [0.1, 0.15) is 19.8 Å². The van der Waals surface area contributed by atoms with Gasteiger partial charge in [0.05, 0.1) is 5.03 Å². The lowest BCUT2D eigenvalue weighted by Crippen LogP contribution is -1.98. The van der Waals surface area contributed by atoms with E-state index < -0.39 is 0 Å². The van der Waals surface area contributed by atoms with Gasteiger partial charge in [-0.25, -0.2) is 4.39 Å². The zero-order chi connectivity index (χ0) is 7.56. The molecule has 1 atom stereocenters. The third-order valence-electron chi connectivity index (χ3n) is 1.73. The quantitative estimate of drug-likeness (QED) is 0.552. The molecule has 1 rings (SSSR count). The van der Waals surface area contributed by atoms with Gasteiger partial charge in [-0.15, -0.1) is 0 Å². The molecule has 1 aliphatic rings. The highest BCUT2D eigenvalue weighted by molar-refractivity contribution is 6.31. The molecule has 0 saturated heterocycles. The summed E-state index contributed by atoms with van der Waals surface area (Å²) in [4.78, 5) is 0. The van der Waals surface area contributed by atoms with Crippen LogP contribution in [0, 0.1) is 5.92 Å². The molecule has 0 aliphatic heterocycles. The van der Waals surface area contributed by atoms with Crippen LogP contribution < -0.4 is 0 Å². The predicted molar refractivity (Wildman–Crippen MR) is 41.5 cm³/mol. The van der Waals surface area contributed by atoms with Crippen molar-refractivity contribution in [1.29, 1.82) is 0 Å². The van der Waals surface area contributed by atoms with Crippen molar-refractivity contribution >= 4 is 11.6 Å². The molecule has 10 heavy (non-hydrogen) atoms. The van der Waals surface area contributed by atoms with E-state index in [-0.39, 0.29) is 10.9 Å². The van der Waals surface area contributed by atoms with Crippen LogP contribution in [-0.2, 0) is 0 Å². The highest BCUT2D eigenvalue weighted by atomic mass is 35.5. The topological polar surface area (TPSA) is 0 Å². The van der Waals surface area contributed by atoms with Gasteiger partial charge in [0.25, 0.3) is 0 Å². The lowest BCUT2D eigenvalue weighted by molar-refractivity contribution is 0.573. The molecular weight excluding hydrogens is 151 g/mol. The molecule has 0 aromatic rings.